The lowest BCUT2D eigenvalue weighted by Gasteiger charge is -2.05. The van der Waals surface area contributed by atoms with Crippen molar-refractivity contribution >= 4 is 9.84 Å². The lowest BCUT2D eigenvalue weighted by Crippen LogP contribution is -2.01. The van der Waals surface area contributed by atoms with E-state index in [1.54, 1.807) is 12.1 Å². The van der Waals surface area contributed by atoms with Crippen molar-refractivity contribution < 1.29 is 13.2 Å². The smallest absolute Gasteiger partial charge is 0.216 e. The molecule has 0 aliphatic carbocycles. The molecule has 0 N–H and O–H groups in total. The van der Waals surface area contributed by atoms with Crippen molar-refractivity contribution in [2.75, 3.05) is 5.94 Å². The standard InChI is InChI=1S/C10H12O3S/c1-7(2)8-3-4-9-10(5-8)14(11,12)6-13-9/h3-5,7H,6H2,1-2H3. The Hall–Kier alpha value is -1.03. The summed E-state index contributed by atoms with van der Waals surface area (Å²) in [4.78, 5) is 0.337. The minimum Gasteiger partial charge on any atom is -0.476 e. The largest absolute Gasteiger partial charge is 0.476 e. The third kappa shape index (κ3) is 1.39. The Labute approximate surface area is 83.6 Å². The molecule has 1 heterocycles. The monoisotopic (exact) mass is 212 g/mol. The normalized spacial score (nSPS) is 17.9. The number of ether oxygens (including phenoxy) is 1. The van der Waals surface area contributed by atoms with Crippen molar-refractivity contribution in [1.82, 2.24) is 0 Å². The molecule has 0 fully saturated rings. The summed E-state index contributed by atoms with van der Waals surface area (Å²) < 4.78 is 28.1. The maximum absolute atomic E-state index is 11.5. The minimum absolute atomic E-state index is 0.218. The highest BCUT2D eigenvalue weighted by Crippen LogP contribution is 2.33. The average molecular weight is 212 g/mol. The van der Waals surface area contributed by atoms with Gasteiger partial charge in [-0.05, 0) is 23.6 Å². The minimum atomic E-state index is -3.18. The first-order chi connectivity index (χ1) is 6.50. The van der Waals surface area contributed by atoms with Crippen molar-refractivity contribution in [1.29, 1.82) is 0 Å². The number of hydrogen-bond acceptors (Lipinski definition) is 3. The molecular formula is C10H12O3S. The van der Waals surface area contributed by atoms with Gasteiger partial charge in [-0.15, -0.1) is 0 Å². The summed E-state index contributed by atoms with van der Waals surface area (Å²) in [6.07, 6.45) is 0. The molecule has 1 aromatic rings. The van der Waals surface area contributed by atoms with Crippen LogP contribution in [0.15, 0.2) is 23.1 Å². The van der Waals surface area contributed by atoms with E-state index >= 15 is 0 Å². The molecule has 1 aliphatic rings. The maximum atomic E-state index is 11.5. The quantitative estimate of drug-likeness (QED) is 0.714. The van der Waals surface area contributed by atoms with Gasteiger partial charge in [0.25, 0.3) is 0 Å². The van der Waals surface area contributed by atoms with Gasteiger partial charge in [0.05, 0.1) is 0 Å². The van der Waals surface area contributed by atoms with E-state index in [9.17, 15) is 8.42 Å². The van der Waals surface area contributed by atoms with E-state index in [1.807, 2.05) is 19.9 Å². The summed E-state index contributed by atoms with van der Waals surface area (Å²) in [5.74, 6) is 0.592. The maximum Gasteiger partial charge on any atom is 0.216 e. The molecule has 0 saturated heterocycles. The van der Waals surface area contributed by atoms with Crippen LogP contribution in [-0.2, 0) is 9.84 Å². The van der Waals surface area contributed by atoms with Crippen LogP contribution in [0.1, 0.15) is 25.3 Å². The highest BCUT2D eigenvalue weighted by molar-refractivity contribution is 7.91. The molecule has 0 bridgehead atoms. The number of benzene rings is 1. The number of rotatable bonds is 1. The fourth-order valence-corrected chi connectivity index (χ4v) is 2.61. The summed E-state index contributed by atoms with van der Waals surface area (Å²) in [5.41, 5.74) is 1.03. The zero-order valence-corrected chi connectivity index (χ0v) is 8.97. The van der Waals surface area contributed by atoms with Gasteiger partial charge in [-0.25, -0.2) is 8.42 Å². The second-order valence-electron chi connectivity index (χ2n) is 3.74. The van der Waals surface area contributed by atoms with E-state index in [-0.39, 0.29) is 5.94 Å². The number of hydrogen-bond donors (Lipinski definition) is 0. The average Bonchev–Trinajstić information content (AvgIpc) is 2.42. The molecule has 0 atom stereocenters. The molecule has 76 valence electrons. The Morgan fingerprint density at radius 1 is 1.36 bits per heavy atom. The zero-order chi connectivity index (χ0) is 10.3. The summed E-state index contributed by atoms with van der Waals surface area (Å²) >= 11 is 0. The van der Waals surface area contributed by atoms with Crippen LogP contribution in [0.25, 0.3) is 0 Å². The number of sulfone groups is 1. The molecule has 0 saturated carbocycles. The SMILES string of the molecule is CC(C)c1ccc2c(c1)S(=O)(=O)CO2. The predicted molar refractivity (Wildman–Crippen MR) is 53.2 cm³/mol. The van der Waals surface area contributed by atoms with Crippen LogP contribution in [0.2, 0.25) is 0 Å². The van der Waals surface area contributed by atoms with Gasteiger partial charge in [-0.1, -0.05) is 19.9 Å². The van der Waals surface area contributed by atoms with Crippen LogP contribution in [0.4, 0.5) is 0 Å². The topological polar surface area (TPSA) is 43.4 Å². The molecule has 14 heavy (non-hydrogen) atoms. The molecule has 0 unspecified atom stereocenters. The van der Waals surface area contributed by atoms with Crippen molar-refractivity contribution in [2.24, 2.45) is 0 Å². The number of fused-ring (bicyclic) bond motifs is 1. The first kappa shape index (κ1) is 9.52. The molecule has 0 spiro atoms. The van der Waals surface area contributed by atoms with Gasteiger partial charge in [0.2, 0.25) is 9.84 Å². The molecule has 0 radical (unpaired) electrons. The molecular weight excluding hydrogens is 200 g/mol. The van der Waals surface area contributed by atoms with E-state index in [4.69, 9.17) is 4.74 Å². The molecule has 0 amide bonds. The van der Waals surface area contributed by atoms with Gasteiger partial charge in [0, 0.05) is 0 Å². The lowest BCUT2D eigenvalue weighted by atomic mass is 10.0. The van der Waals surface area contributed by atoms with Gasteiger partial charge < -0.3 is 4.74 Å². The Balaban J connectivity index is 2.60. The summed E-state index contributed by atoms with van der Waals surface area (Å²) in [6, 6.07) is 5.35. The first-order valence-electron chi connectivity index (χ1n) is 4.50. The second-order valence-corrected chi connectivity index (χ2v) is 5.64. The third-order valence-corrected chi connectivity index (χ3v) is 3.76. The van der Waals surface area contributed by atoms with Gasteiger partial charge in [-0.2, -0.15) is 0 Å². The fourth-order valence-electron chi connectivity index (χ4n) is 1.45. The van der Waals surface area contributed by atoms with E-state index < -0.39 is 9.84 Å². The Bertz CT molecular complexity index is 460. The first-order valence-corrected chi connectivity index (χ1v) is 6.15. The Morgan fingerprint density at radius 2 is 2.07 bits per heavy atom. The third-order valence-electron chi connectivity index (χ3n) is 2.34. The lowest BCUT2D eigenvalue weighted by molar-refractivity contribution is 0.389. The Morgan fingerprint density at radius 3 is 2.71 bits per heavy atom. The highest BCUT2D eigenvalue weighted by Gasteiger charge is 2.28. The predicted octanol–water partition coefficient (Wildman–Crippen LogP) is 1.93. The van der Waals surface area contributed by atoms with E-state index in [1.165, 1.54) is 0 Å². The fraction of sp³-hybridized carbons (Fsp3) is 0.400. The van der Waals surface area contributed by atoms with Crippen molar-refractivity contribution in [3.63, 3.8) is 0 Å². The van der Waals surface area contributed by atoms with Crippen LogP contribution in [0.3, 0.4) is 0 Å². The summed E-state index contributed by atoms with van der Waals surface area (Å²) in [7, 11) is -3.18. The molecule has 1 aromatic carbocycles. The highest BCUT2D eigenvalue weighted by atomic mass is 32.2. The van der Waals surface area contributed by atoms with Crippen molar-refractivity contribution in [3.05, 3.63) is 23.8 Å². The van der Waals surface area contributed by atoms with Gasteiger partial charge in [0.15, 0.2) is 5.94 Å². The van der Waals surface area contributed by atoms with Crippen LogP contribution < -0.4 is 4.74 Å². The Kier molecular flexibility index (Phi) is 2.03. The van der Waals surface area contributed by atoms with E-state index in [2.05, 4.69) is 0 Å². The van der Waals surface area contributed by atoms with Gasteiger partial charge in [-0.3, -0.25) is 0 Å². The molecule has 4 heteroatoms. The van der Waals surface area contributed by atoms with E-state index in [0.29, 0.717) is 16.6 Å². The van der Waals surface area contributed by atoms with Gasteiger partial charge in [0.1, 0.15) is 10.6 Å². The van der Waals surface area contributed by atoms with Crippen LogP contribution in [0, 0.1) is 0 Å². The van der Waals surface area contributed by atoms with Crippen LogP contribution >= 0.6 is 0 Å². The molecule has 1 aliphatic heterocycles. The van der Waals surface area contributed by atoms with E-state index in [0.717, 1.165) is 5.56 Å². The van der Waals surface area contributed by atoms with Crippen LogP contribution in [-0.4, -0.2) is 14.4 Å². The summed E-state index contributed by atoms with van der Waals surface area (Å²) in [6.45, 7) is 4.06. The van der Waals surface area contributed by atoms with Crippen molar-refractivity contribution in [3.8, 4) is 5.75 Å². The van der Waals surface area contributed by atoms with Gasteiger partial charge >= 0.3 is 0 Å². The van der Waals surface area contributed by atoms with Crippen LogP contribution in [0.5, 0.6) is 5.75 Å². The zero-order valence-electron chi connectivity index (χ0n) is 8.15. The molecule has 3 nitrogen and oxygen atoms in total. The molecule has 2 rings (SSSR count). The van der Waals surface area contributed by atoms with Crippen molar-refractivity contribution in [2.45, 2.75) is 24.7 Å². The summed E-state index contributed by atoms with van der Waals surface area (Å²) in [5, 5.41) is 0. The second kappa shape index (κ2) is 2.98. The molecule has 0 aromatic heterocycles.